The van der Waals surface area contributed by atoms with Gasteiger partial charge in [0.25, 0.3) is 0 Å². The summed E-state index contributed by atoms with van der Waals surface area (Å²) in [5.41, 5.74) is 3.83. The number of rotatable bonds is 6. The number of anilines is 2. The number of nitrogens with one attached hydrogen (secondary N) is 1. The van der Waals surface area contributed by atoms with E-state index >= 15 is 4.39 Å². The first kappa shape index (κ1) is 27.7. The zero-order chi connectivity index (χ0) is 29.1. The van der Waals surface area contributed by atoms with Crippen molar-refractivity contribution in [2.75, 3.05) is 23.1 Å². The molecule has 0 saturated carbocycles. The molecule has 12 heteroatoms. The number of amides is 3. The number of nitrogens with zero attached hydrogens (tertiary/aromatic N) is 6. The van der Waals surface area contributed by atoms with Crippen molar-refractivity contribution in [2.24, 2.45) is 4.99 Å². The normalized spacial score (nSPS) is 14.8. The van der Waals surface area contributed by atoms with Gasteiger partial charge in [0.2, 0.25) is 5.91 Å². The highest BCUT2D eigenvalue weighted by Gasteiger charge is 2.33. The summed E-state index contributed by atoms with van der Waals surface area (Å²) in [5.74, 6) is -0.526. The van der Waals surface area contributed by atoms with Crippen LogP contribution in [0.2, 0.25) is 0 Å². The highest BCUT2D eigenvalue weighted by atomic mass is 32.2. The lowest BCUT2D eigenvalue weighted by molar-refractivity contribution is -0.115. The number of ether oxygens (including phenoxy) is 1. The molecule has 3 aromatic carbocycles. The third-order valence-electron chi connectivity index (χ3n) is 6.40. The Labute approximate surface area is 239 Å². The number of hydrogen-bond donors (Lipinski definition) is 1. The average Bonchev–Trinajstić information content (AvgIpc) is 3.61. The van der Waals surface area contributed by atoms with Crippen LogP contribution >= 0.6 is 11.8 Å². The molecule has 10 nitrogen and oxygen atoms in total. The van der Waals surface area contributed by atoms with Crippen LogP contribution in [0.5, 0.6) is 0 Å². The van der Waals surface area contributed by atoms with Gasteiger partial charge in [0.15, 0.2) is 11.0 Å². The summed E-state index contributed by atoms with van der Waals surface area (Å²) in [6, 6.07) is 17.9. The van der Waals surface area contributed by atoms with Crippen molar-refractivity contribution >= 4 is 40.2 Å². The number of carbonyl (C=O) groups excluding carboxylic acids is 2. The molecule has 1 unspecified atom stereocenters. The minimum absolute atomic E-state index is 0.0836. The van der Waals surface area contributed by atoms with Gasteiger partial charge in [-0.3, -0.25) is 9.69 Å². The Morgan fingerprint density at radius 3 is 2.68 bits per heavy atom. The fraction of sp³-hybridized carbons (Fsp3) is 0.172. The molecule has 0 spiro atoms. The molecule has 1 fully saturated rings. The second kappa shape index (κ2) is 11.7. The van der Waals surface area contributed by atoms with E-state index < -0.39 is 11.8 Å². The maximum atomic E-state index is 15.0. The smallest absolute Gasteiger partial charge is 0.347 e. The van der Waals surface area contributed by atoms with E-state index in [1.807, 2.05) is 32.0 Å². The zero-order valence-corrected chi connectivity index (χ0v) is 23.1. The van der Waals surface area contributed by atoms with E-state index in [4.69, 9.17) is 10.00 Å². The molecular weight excluding hydrogens is 545 g/mol. The molecule has 2 heterocycles. The number of halogens is 1. The molecule has 41 heavy (non-hydrogen) atoms. The minimum Gasteiger partial charge on any atom is -0.377 e. The van der Waals surface area contributed by atoms with Crippen molar-refractivity contribution in [3.63, 3.8) is 0 Å². The summed E-state index contributed by atoms with van der Waals surface area (Å²) in [4.78, 5) is 35.4. The largest absolute Gasteiger partial charge is 0.377 e. The van der Waals surface area contributed by atoms with Gasteiger partial charge in [-0.15, -0.1) is 5.10 Å². The Hall–Kier alpha value is -4.86. The number of urea groups is 1. The maximum absolute atomic E-state index is 15.0. The number of hydrogen-bond acceptors (Lipinski definition) is 7. The molecule has 0 radical (unpaired) electrons. The Morgan fingerprint density at radius 2 is 1.98 bits per heavy atom. The summed E-state index contributed by atoms with van der Waals surface area (Å²) in [6.45, 7) is 3.77. The van der Waals surface area contributed by atoms with E-state index in [2.05, 4.69) is 26.5 Å². The fourth-order valence-corrected chi connectivity index (χ4v) is 5.05. The molecule has 3 amide bonds. The third-order valence-corrected chi connectivity index (χ3v) is 7.33. The number of nitriles is 1. The molecular formula is C29H24FN7O3S. The van der Waals surface area contributed by atoms with Gasteiger partial charge in [0.05, 0.1) is 40.6 Å². The topological polar surface area (TPSA) is 125 Å². The van der Waals surface area contributed by atoms with E-state index in [0.717, 1.165) is 22.9 Å². The Balaban J connectivity index is 1.34. The van der Waals surface area contributed by atoms with Gasteiger partial charge in [0.1, 0.15) is 12.1 Å². The Bertz CT molecular complexity index is 1710. The first-order valence-corrected chi connectivity index (χ1v) is 13.5. The van der Waals surface area contributed by atoms with Gasteiger partial charge in [-0.1, -0.05) is 23.9 Å². The van der Waals surface area contributed by atoms with Gasteiger partial charge >= 0.3 is 6.03 Å². The summed E-state index contributed by atoms with van der Waals surface area (Å²) in [5, 5.41) is 16.0. The lowest BCUT2D eigenvalue weighted by Crippen LogP contribution is -2.31. The number of aryl methyl sites for hydroxylation is 1. The van der Waals surface area contributed by atoms with Crippen LogP contribution in [0, 0.1) is 24.1 Å². The van der Waals surface area contributed by atoms with Crippen LogP contribution in [0.1, 0.15) is 29.7 Å². The standard InChI is InChI=1S/C29H24FN7O3S/c1-17-4-10-22(18(2)40-3)25(12-17)37-26(38)15-41-29(37)34-28(39)33-24-11-7-20(13-23(24)30)27-32-16-36(35-27)21-8-5-19(14-31)6-9-21/h4-13,16,18H,15H2,1-3H3,(H,33,39)/b34-29-. The molecule has 4 aromatic rings. The number of carbonyl (C=O) groups is 2. The highest BCUT2D eigenvalue weighted by Crippen LogP contribution is 2.34. The second-order valence-corrected chi connectivity index (χ2v) is 10.1. The summed E-state index contributed by atoms with van der Waals surface area (Å²) >= 11 is 1.13. The minimum atomic E-state index is -0.823. The molecule has 1 saturated heterocycles. The lowest BCUT2D eigenvalue weighted by Gasteiger charge is -2.23. The SMILES string of the molecule is COC(C)c1ccc(C)cc1N1C(=O)CS/C1=N\C(=O)Nc1ccc(-c2ncn(-c3ccc(C#N)cc3)n2)cc1F. The Kier molecular flexibility index (Phi) is 7.91. The highest BCUT2D eigenvalue weighted by molar-refractivity contribution is 8.15. The van der Waals surface area contributed by atoms with Crippen LogP contribution in [0.4, 0.5) is 20.6 Å². The molecule has 206 valence electrons. The predicted octanol–water partition coefficient (Wildman–Crippen LogP) is 5.63. The quantitative estimate of drug-likeness (QED) is 0.319. The van der Waals surface area contributed by atoms with Crippen molar-refractivity contribution in [3.05, 3.63) is 89.5 Å². The maximum Gasteiger partial charge on any atom is 0.347 e. The number of amidine groups is 1. The second-order valence-electron chi connectivity index (χ2n) is 9.15. The van der Waals surface area contributed by atoms with E-state index in [1.165, 1.54) is 28.0 Å². The van der Waals surface area contributed by atoms with Crippen LogP contribution in [0.3, 0.4) is 0 Å². The molecule has 1 aromatic heterocycles. The lowest BCUT2D eigenvalue weighted by atomic mass is 10.0. The third kappa shape index (κ3) is 5.86. The van der Waals surface area contributed by atoms with Gasteiger partial charge in [0, 0.05) is 18.2 Å². The van der Waals surface area contributed by atoms with E-state index in [-0.39, 0.29) is 34.4 Å². The molecule has 5 rings (SSSR count). The molecule has 0 bridgehead atoms. The number of benzene rings is 3. The van der Waals surface area contributed by atoms with Gasteiger partial charge in [-0.25, -0.2) is 18.9 Å². The monoisotopic (exact) mass is 569 g/mol. The molecule has 1 N–H and O–H groups in total. The van der Waals surface area contributed by atoms with E-state index in [9.17, 15) is 9.59 Å². The number of methoxy groups -OCH3 is 1. The molecule has 1 atom stereocenters. The van der Waals surface area contributed by atoms with Crippen molar-refractivity contribution in [3.8, 4) is 23.1 Å². The fourth-order valence-electron chi connectivity index (χ4n) is 4.19. The zero-order valence-electron chi connectivity index (χ0n) is 22.3. The Morgan fingerprint density at radius 1 is 1.20 bits per heavy atom. The van der Waals surface area contributed by atoms with Crippen LogP contribution in [-0.2, 0) is 9.53 Å². The summed E-state index contributed by atoms with van der Waals surface area (Å²) in [6.07, 6.45) is 1.19. The van der Waals surface area contributed by atoms with Crippen molar-refractivity contribution in [2.45, 2.75) is 20.0 Å². The van der Waals surface area contributed by atoms with Crippen molar-refractivity contribution < 1.29 is 18.7 Å². The number of aromatic nitrogens is 3. The average molecular weight is 570 g/mol. The van der Waals surface area contributed by atoms with Crippen LogP contribution in [0.15, 0.2) is 72.0 Å². The predicted molar refractivity (Wildman–Crippen MR) is 154 cm³/mol. The van der Waals surface area contributed by atoms with Gasteiger partial charge in [-0.2, -0.15) is 10.3 Å². The number of aliphatic imine (C=N–C) groups is 1. The van der Waals surface area contributed by atoms with Crippen LogP contribution < -0.4 is 10.2 Å². The van der Waals surface area contributed by atoms with Crippen LogP contribution in [0.25, 0.3) is 17.1 Å². The summed E-state index contributed by atoms with van der Waals surface area (Å²) < 4.78 is 22.0. The first-order valence-electron chi connectivity index (χ1n) is 12.5. The number of thioether (sulfide) groups is 1. The van der Waals surface area contributed by atoms with Gasteiger partial charge < -0.3 is 10.1 Å². The van der Waals surface area contributed by atoms with E-state index in [0.29, 0.717) is 22.5 Å². The van der Waals surface area contributed by atoms with Crippen molar-refractivity contribution in [1.82, 2.24) is 14.8 Å². The molecule has 0 aliphatic carbocycles. The van der Waals surface area contributed by atoms with Crippen LogP contribution in [-0.4, -0.2) is 44.7 Å². The molecule has 1 aliphatic rings. The van der Waals surface area contributed by atoms with Gasteiger partial charge in [-0.05, 0) is 67.9 Å². The molecule has 1 aliphatic heterocycles. The van der Waals surface area contributed by atoms with Crippen molar-refractivity contribution in [1.29, 1.82) is 5.26 Å². The first-order chi connectivity index (χ1) is 19.8. The van der Waals surface area contributed by atoms with E-state index in [1.54, 1.807) is 37.4 Å². The summed E-state index contributed by atoms with van der Waals surface area (Å²) in [7, 11) is 1.58.